The Morgan fingerprint density at radius 3 is 2.17 bits per heavy atom. The lowest BCUT2D eigenvalue weighted by molar-refractivity contribution is 0.0329. The lowest BCUT2D eigenvalue weighted by Crippen LogP contribution is -2.51. The molecule has 1 saturated heterocycles. The number of halogens is 2. The van der Waals surface area contributed by atoms with Crippen LogP contribution in [-0.2, 0) is 0 Å². The fraction of sp³-hybridized carbons (Fsp3) is 0.944. The van der Waals surface area contributed by atoms with Crippen LogP contribution in [0.25, 0.3) is 0 Å². The Morgan fingerprint density at radius 1 is 1.00 bits per heavy atom. The van der Waals surface area contributed by atoms with E-state index in [0.29, 0.717) is 31.8 Å². The first-order valence-corrected chi connectivity index (χ1v) is 9.36. The average molecular weight is 327 g/mol. The zero-order valence-electron chi connectivity index (χ0n) is 14.6. The molecule has 3 atom stereocenters. The van der Waals surface area contributed by atoms with Crippen molar-refractivity contribution in [2.24, 2.45) is 16.8 Å². The van der Waals surface area contributed by atoms with Gasteiger partial charge in [-0.3, -0.25) is 9.89 Å². The van der Waals surface area contributed by atoms with Gasteiger partial charge < -0.3 is 4.90 Å². The maximum absolute atomic E-state index is 14.1. The molecule has 5 heteroatoms. The highest BCUT2D eigenvalue weighted by atomic mass is 19.1. The number of aliphatic imine (C=N–C) groups is 1. The van der Waals surface area contributed by atoms with E-state index in [1.807, 2.05) is 0 Å². The van der Waals surface area contributed by atoms with E-state index in [1.54, 1.807) is 0 Å². The number of alkyl halides is 2. The summed E-state index contributed by atoms with van der Waals surface area (Å²) in [5.41, 5.74) is 0. The van der Waals surface area contributed by atoms with Crippen molar-refractivity contribution in [1.82, 2.24) is 9.80 Å². The van der Waals surface area contributed by atoms with Crippen LogP contribution in [-0.4, -0.2) is 66.7 Å². The first kappa shape index (κ1) is 17.1. The Labute approximate surface area is 139 Å². The molecular formula is C18H31F2N3. The summed E-state index contributed by atoms with van der Waals surface area (Å²) in [4.78, 5) is 9.62. The molecule has 0 aromatic rings. The van der Waals surface area contributed by atoms with Crippen LogP contribution in [0.3, 0.4) is 0 Å². The van der Waals surface area contributed by atoms with Gasteiger partial charge in [0.05, 0.1) is 5.84 Å². The van der Waals surface area contributed by atoms with E-state index < -0.39 is 18.3 Å². The molecule has 3 rings (SSSR count). The van der Waals surface area contributed by atoms with Crippen LogP contribution in [0.5, 0.6) is 0 Å². The molecule has 0 amide bonds. The van der Waals surface area contributed by atoms with Gasteiger partial charge in [-0.1, -0.05) is 0 Å². The van der Waals surface area contributed by atoms with Crippen LogP contribution in [0.1, 0.15) is 46.0 Å². The van der Waals surface area contributed by atoms with Gasteiger partial charge >= 0.3 is 0 Å². The smallest absolute Gasteiger partial charge is 0.106 e. The van der Waals surface area contributed by atoms with E-state index in [1.165, 1.54) is 5.84 Å². The lowest BCUT2D eigenvalue weighted by atomic mass is 9.75. The molecule has 0 N–H and O–H groups in total. The quantitative estimate of drug-likeness (QED) is 0.775. The summed E-state index contributed by atoms with van der Waals surface area (Å²) in [6.45, 7) is 9.33. The predicted octanol–water partition coefficient (Wildman–Crippen LogP) is 3.30. The van der Waals surface area contributed by atoms with Crippen molar-refractivity contribution >= 4 is 5.84 Å². The van der Waals surface area contributed by atoms with Crippen LogP contribution >= 0.6 is 0 Å². The van der Waals surface area contributed by atoms with E-state index >= 15 is 0 Å². The molecule has 2 aliphatic heterocycles. The molecule has 0 spiro atoms. The van der Waals surface area contributed by atoms with Crippen molar-refractivity contribution in [2.45, 2.75) is 64.3 Å². The summed E-state index contributed by atoms with van der Waals surface area (Å²) in [5, 5.41) is 0. The van der Waals surface area contributed by atoms with E-state index in [2.05, 4.69) is 23.6 Å². The maximum atomic E-state index is 14.1. The van der Waals surface area contributed by atoms with E-state index in [9.17, 15) is 8.78 Å². The van der Waals surface area contributed by atoms with E-state index in [0.717, 1.165) is 39.0 Å². The molecule has 0 bridgehead atoms. The van der Waals surface area contributed by atoms with Gasteiger partial charge in [-0.15, -0.1) is 0 Å². The van der Waals surface area contributed by atoms with Gasteiger partial charge in [-0.2, -0.15) is 0 Å². The van der Waals surface area contributed by atoms with Crippen LogP contribution < -0.4 is 0 Å². The minimum Gasteiger partial charge on any atom is -0.358 e. The number of amidine groups is 1. The summed E-state index contributed by atoms with van der Waals surface area (Å²) < 4.78 is 28.3. The molecule has 0 radical (unpaired) electrons. The molecule has 0 aromatic carbocycles. The molecule has 3 aliphatic rings. The van der Waals surface area contributed by atoms with Crippen molar-refractivity contribution in [3.8, 4) is 0 Å². The standard InChI is InChI=1S/C18H31F2N3/c1-13(2)22-8-10-23(11-9-22)17-7-6-14(12-21-17)18-15(19)4-3-5-16(18)20/h13-16,18H,3-12H2,1-2H3. The van der Waals surface area contributed by atoms with Gasteiger partial charge in [-0.25, -0.2) is 8.78 Å². The Hall–Kier alpha value is -0.710. The van der Waals surface area contributed by atoms with E-state index in [-0.39, 0.29) is 5.92 Å². The number of piperazine rings is 1. The Morgan fingerprint density at radius 2 is 1.65 bits per heavy atom. The van der Waals surface area contributed by atoms with Crippen LogP contribution in [0.4, 0.5) is 8.78 Å². The molecule has 2 heterocycles. The van der Waals surface area contributed by atoms with Gasteiger partial charge in [0.25, 0.3) is 0 Å². The highest BCUT2D eigenvalue weighted by molar-refractivity contribution is 5.83. The Kier molecular flexibility index (Phi) is 5.55. The zero-order valence-corrected chi connectivity index (χ0v) is 14.6. The van der Waals surface area contributed by atoms with Gasteiger partial charge in [0.15, 0.2) is 0 Å². The normalized spacial score (nSPS) is 37.1. The predicted molar refractivity (Wildman–Crippen MR) is 90.4 cm³/mol. The third kappa shape index (κ3) is 3.86. The fourth-order valence-electron chi connectivity index (χ4n) is 4.49. The number of nitrogens with zero attached hydrogens (tertiary/aromatic N) is 3. The maximum Gasteiger partial charge on any atom is 0.106 e. The largest absolute Gasteiger partial charge is 0.358 e. The monoisotopic (exact) mass is 327 g/mol. The second-order valence-corrected chi connectivity index (χ2v) is 7.71. The lowest BCUT2D eigenvalue weighted by Gasteiger charge is -2.41. The molecule has 3 unspecified atom stereocenters. The van der Waals surface area contributed by atoms with E-state index in [4.69, 9.17) is 4.99 Å². The topological polar surface area (TPSA) is 18.8 Å². The van der Waals surface area contributed by atoms with Gasteiger partial charge in [0.1, 0.15) is 12.3 Å². The molecule has 132 valence electrons. The summed E-state index contributed by atoms with van der Waals surface area (Å²) in [6, 6.07) is 0.601. The molecule has 2 fully saturated rings. The van der Waals surface area contributed by atoms with Gasteiger partial charge in [-0.05, 0) is 45.4 Å². The zero-order chi connectivity index (χ0) is 16.4. The van der Waals surface area contributed by atoms with Crippen LogP contribution in [0.2, 0.25) is 0 Å². The summed E-state index contributed by atoms with van der Waals surface area (Å²) in [6.07, 6.45) is 1.63. The van der Waals surface area contributed by atoms with Crippen molar-refractivity contribution in [3.63, 3.8) is 0 Å². The summed E-state index contributed by atoms with van der Waals surface area (Å²) >= 11 is 0. The first-order chi connectivity index (χ1) is 11.1. The molecule has 23 heavy (non-hydrogen) atoms. The van der Waals surface area contributed by atoms with Crippen molar-refractivity contribution < 1.29 is 8.78 Å². The second kappa shape index (κ2) is 7.45. The molecular weight excluding hydrogens is 296 g/mol. The van der Waals surface area contributed by atoms with Crippen LogP contribution in [0, 0.1) is 11.8 Å². The highest BCUT2D eigenvalue weighted by Crippen LogP contribution is 2.38. The first-order valence-electron chi connectivity index (χ1n) is 9.36. The SMILES string of the molecule is CC(C)N1CCN(C2=NCC(C3C(F)CCCC3F)CC2)CC1. The minimum absolute atomic E-state index is 0.0982. The Bertz CT molecular complexity index is 408. The van der Waals surface area contributed by atoms with Gasteiger partial charge in [0.2, 0.25) is 0 Å². The third-order valence-electron chi connectivity index (χ3n) is 6.00. The molecule has 3 nitrogen and oxygen atoms in total. The van der Waals surface area contributed by atoms with Crippen LogP contribution in [0.15, 0.2) is 4.99 Å². The average Bonchev–Trinajstić information content (AvgIpc) is 2.55. The third-order valence-corrected chi connectivity index (χ3v) is 6.00. The fourth-order valence-corrected chi connectivity index (χ4v) is 4.49. The molecule has 1 aliphatic carbocycles. The minimum atomic E-state index is -0.963. The summed E-state index contributed by atoms with van der Waals surface area (Å²) in [5.74, 6) is 0.860. The van der Waals surface area contributed by atoms with Crippen molar-refractivity contribution in [2.75, 3.05) is 32.7 Å². The van der Waals surface area contributed by atoms with Crippen molar-refractivity contribution in [1.29, 1.82) is 0 Å². The molecule has 1 saturated carbocycles. The molecule has 0 aromatic heterocycles. The van der Waals surface area contributed by atoms with Crippen molar-refractivity contribution in [3.05, 3.63) is 0 Å². The highest BCUT2D eigenvalue weighted by Gasteiger charge is 2.40. The Balaban J connectivity index is 1.54. The second-order valence-electron chi connectivity index (χ2n) is 7.71. The number of hydrogen-bond acceptors (Lipinski definition) is 3. The van der Waals surface area contributed by atoms with Gasteiger partial charge in [0, 0.05) is 51.1 Å². The number of hydrogen-bond donors (Lipinski definition) is 0. The summed E-state index contributed by atoms with van der Waals surface area (Å²) in [7, 11) is 0. The number of rotatable bonds is 2.